The smallest absolute Gasteiger partial charge is 0.324 e. The first-order chi connectivity index (χ1) is 13.3. The molecule has 2 aromatic rings. The number of rotatable bonds is 6. The largest absolute Gasteiger partial charge is 0.418 e. The lowest BCUT2D eigenvalue weighted by Crippen LogP contribution is -2.37. The normalized spacial score (nSPS) is 12.3. The molecule has 0 aliphatic heterocycles. The fourth-order valence-corrected chi connectivity index (χ4v) is 3.57. The van der Waals surface area contributed by atoms with Gasteiger partial charge in [0.2, 0.25) is 15.9 Å². The second-order valence-electron chi connectivity index (χ2n) is 6.02. The summed E-state index contributed by atoms with van der Waals surface area (Å²) in [6.45, 7) is -0.936. The van der Waals surface area contributed by atoms with Gasteiger partial charge in [0.15, 0.2) is 0 Å². The molecule has 0 spiro atoms. The number of carbonyl (C=O) groups is 1. The van der Waals surface area contributed by atoms with E-state index in [1.165, 1.54) is 24.3 Å². The van der Waals surface area contributed by atoms with Crippen molar-refractivity contribution in [2.75, 3.05) is 18.1 Å². The van der Waals surface area contributed by atoms with Crippen molar-refractivity contribution in [1.82, 2.24) is 4.31 Å². The Balaban J connectivity index is 2.23. The van der Waals surface area contributed by atoms with Crippen LogP contribution in [0.5, 0.6) is 0 Å². The zero-order valence-corrected chi connectivity index (χ0v) is 17.8. The third-order valence-corrected chi connectivity index (χ3v) is 5.86. The molecule has 0 atom stereocenters. The Hall–Kier alpha value is -1.52. The Kier molecular flexibility index (Phi) is 7.45. The fourth-order valence-electron chi connectivity index (χ4n) is 2.34. The van der Waals surface area contributed by atoms with Gasteiger partial charge in [0.1, 0.15) is 0 Å². The van der Waals surface area contributed by atoms with Crippen molar-refractivity contribution in [3.05, 3.63) is 62.6 Å². The first-order valence-corrected chi connectivity index (χ1v) is 10.8. The first-order valence-electron chi connectivity index (χ1n) is 7.83. The van der Waals surface area contributed by atoms with Gasteiger partial charge in [-0.25, -0.2) is 8.42 Å². The van der Waals surface area contributed by atoms with Crippen molar-refractivity contribution in [3.63, 3.8) is 0 Å². The number of hydrogen-bond donors (Lipinski definition) is 1. The number of hydrogen-bond acceptors (Lipinski definition) is 3. The summed E-state index contributed by atoms with van der Waals surface area (Å²) in [4.78, 5) is 12.3. The van der Waals surface area contributed by atoms with E-state index in [0.29, 0.717) is 11.6 Å². The molecular formula is C17H14Cl3F3N2O3S. The maximum Gasteiger partial charge on any atom is 0.418 e. The van der Waals surface area contributed by atoms with Crippen LogP contribution < -0.4 is 5.32 Å². The van der Waals surface area contributed by atoms with Crippen LogP contribution >= 0.6 is 34.8 Å². The number of nitrogens with zero attached hydrogens (tertiary/aromatic N) is 1. The van der Waals surface area contributed by atoms with E-state index in [4.69, 9.17) is 34.8 Å². The Morgan fingerprint density at radius 2 is 1.72 bits per heavy atom. The molecule has 12 heteroatoms. The molecule has 0 radical (unpaired) electrons. The molecule has 0 bridgehead atoms. The molecule has 0 heterocycles. The number of halogens is 6. The van der Waals surface area contributed by atoms with Crippen molar-refractivity contribution in [1.29, 1.82) is 0 Å². The summed E-state index contributed by atoms with van der Waals surface area (Å²) in [7, 11) is -3.87. The van der Waals surface area contributed by atoms with Crippen molar-refractivity contribution in [2.24, 2.45) is 0 Å². The monoisotopic (exact) mass is 488 g/mol. The van der Waals surface area contributed by atoms with Crippen LogP contribution in [0.4, 0.5) is 18.9 Å². The summed E-state index contributed by atoms with van der Waals surface area (Å²) >= 11 is 17.3. The lowest BCUT2D eigenvalue weighted by atomic mass is 10.1. The molecule has 2 rings (SSSR count). The zero-order chi connectivity index (χ0) is 22.0. The number of benzene rings is 2. The highest BCUT2D eigenvalue weighted by Gasteiger charge is 2.34. The standard InChI is InChI=1S/C17H14Cl3F3N2O3S/c1-29(27,28)25(8-10-2-4-13(19)14(20)6-10)9-16(26)24-15-5-3-11(18)7-12(15)17(21,22)23/h2-7H,8-9H2,1H3,(H,24,26). The van der Waals surface area contributed by atoms with E-state index >= 15 is 0 Å². The molecule has 2 aromatic carbocycles. The van der Waals surface area contributed by atoms with Gasteiger partial charge >= 0.3 is 6.18 Å². The van der Waals surface area contributed by atoms with E-state index < -0.39 is 39.9 Å². The molecule has 0 saturated heterocycles. The Labute approximate surface area is 180 Å². The molecule has 29 heavy (non-hydrogen) atoms. The second kappa shape index (κ2) is 9.09. The van der Waals surface area contributed by atoms with E-state index in [2.05, 4.69) is 5.32 Å². The van der Waals surface area contributed by atoms with E-state index in [0.717, 1.165) is 16.6 Å². The lowest BCUT2D eigenvalue weighted by Gasteiger charge is -2.21. The minimum atomic E-state index is -4.76. The Morgan fingerprint density at radius 1 is 1.07 bits per heavy atom. The highest BCUT2D eigenvalue weighted by Crippen LogP contribution is 2.36. The molecule has 0 saturated carbocycles. The molecule has 5 nitrogen and oxygen atoms in total. The number of carbonyl (C=O) groups excluding carboxylic acids is 1. The predicted molar refractivity (Wildman–Crippen MR) is 107 cm³/mol. The summed E-state index contributed by atoms with van der Waals surface area (Å²) in [6.07, 6.45) is -3.88. The molecule has 158 valence electrons. The second-order valence-corrected chi connectivity index (χ2v) is 9.25. The van der Waals surface area contributed by atoms with Gasteiger partial charge in [0.25, 0.3) is 0 Å². The van der Waals surface area contributed by atoms with Gasteiger partial charge in [0, 0.05) is 11.6 Å². The topological polar surface area (TPSA) is 66.5 Å². The van der Waals surface area contributed by atoms with Crippen molar-refractivity contribution in [3.8, 4) is 0 Å². The minimum absolute atomic E-state index is 0.160. The molecular weight excluding hydrogens is 476 g/mol. The maximum atomic E-state index is 13.1. The number of nitrogens with one attached hydrogen (secondary N) is 1. The lowest BCUT2D eigenvalue weighted by molar-refractivity contribution is -0.137. The molecule has 0 aromatic heterocycles. The minimum Gasteiger partial charge on any atom is -0.324 e. The van der Waals surface area contributed by atoms with Crippen molar-refractivity contribution >= 4 is 56.4 Å². The fraction of sp³-hybridized carbons (Fsp3) is 0.235. The molecule has 0 aliphatic rings. The van der Waals surface area contributed by atoms with Gasteiger partial charge in [-0.2, -0.15) is 17.5 Å². The average Bonchev–Trinajstić information content (AvgIpc) is 2.57. The van der Waals surface area contributed by atoms with Crippen LogP contribution in [0.1, 0.15) is 11.1 Å². The summed E-state index contributed by atoms with van der Waals surface area (Å²) in [5.74, 6) is -0.955. The van der Waals surface area contributed by atoms with E-state index in [-0.39, 0.29) is 21.6 Å². The number of alkyl halides is 3. The van der Waals surface area contributed by atoms with Crippen LogP contribution in [0.25, 0.3) is 0 Å². The molecule has 1 amide bonds. The first kappa shape index (κ1) is 23.8. The van der Waals surface area contributed by atoms with Gasteiger partial charge < -0.3 is 5.32 Å². The maximum absolute atomic E-state index is 13.1. The number of amides is 1. The quantitative estimate of drug-likeness (QED) is 0.616. The van der Waals surface area contributed by atoms with Crippen LogP contribution in [-0.2, 0) is 27.5 Å². The highest BCUT2D eigenvalue weighted by atomic mass is 35.5. The summed E-state index contributed by atoms with van der Waals surface area (Å²) in [6, 6.07) is 7.25. The van der Waals surface area contributed by atoms with Gasteiger partial charge in [-0.15, -0.1) is 0 Å². The van der Waals surface area contributed by atoms with Crippen LogP contribution in [-0.4, -0.2) is 31.4 Å². The SMILES string of the molecule is CS(=O)(=O)N(CC(=O)Nc1ccc(Cl)cc1C(F)(F)F)Cc1ccc(Cl)c(Cl)c1. The highest BCUT2D eigenvalue weighted by molar-refractivity contribution is 7.88. The number of anilines is 1. The average molecular weight is 490 g/mol. The summed E-state index contributed by atoms with van der Waals surface area (Å²) < 4.78 is 64.3. The van der Waals surface area contributed by atoms with Crippen LogP contribution in [0.2, 0.25) is 15.1 Å². The van der Waals surface area contributed by atoms with E-state index in [1.807, 2.05) is 0 Å². The van der Waals surface area contributed by atoms with Gasteiger partial charge in [0.05, 0.1) is 34.1 Å². The number of sulfonamides is 1. The van der Waals surface area contributed by atoms with Crippen molar-refractivity contribution in [2.45, 2.75) is 12.7 Å². The predicted octanol–water partition coefficient (Wildman–Crippen LogP) is 5.07. The van der Waals surface area contributed by atoms with Crippen LogP contribution in [0.15, 0.2) is 36.4 Å². The molecule has 0 fully saturated rings. The summed E-state index contributed by atoms with van der Waals surface area (Å²) in [5, 5.41) is 2.38. The molecule has 1 N–H and O–H groups in total. The third kappa shape index (κ3) is 6.75. The third-order valence-electron chi connectivity index (χ3n) is 3.69. The Morgan fingerprint density at radius 3 is 2.28 bits per heavy atom. The molecule has 0 aliphatic carbocycles. The van der Waals surface area contributed by atoms with E-state index in [9.17, 15) is 26.4 Å². The van der Waals surface area contributed by atoms with Gasteiger partial charge in [-0.05, 0) is 35.9 Å². The Bertz CT molecular complexity index is 1030. The van der Waals surface area contributed by atoms with Gasteiger partial charge in [-0.1, -0.05) is 40.9 Å². The zero-order valence-electron chi connectivity index (χ0n) is 14.7. The van der Waals surface area contributed by atoms with E-state index in [1.54, 1.807) is 0 Å². The summed E-state index contributed by atoms with van der Waals surface area (Å²) in [5.41, 5.74) is -1.23. The van der Waals surface area contributed by atoms with Crippen molar-refractivity contribution < 1.29 is 26.4 Å². The van der Waals surface area contributed by atoms with Crippen LogP contribution in [0, 0.1) is 0 Å². The van der Waals surface area contributed by atoms with Crippen LogP contribution in [0.3, 0.4) is 0 Å². The molecule has 0 unspecified atom stereocenters. The van der Waals surface area contributed by atoms with Gasteiger partial charge in [-0.3, -0.25) is 4.79 Å².